The van der Waals surface area contributed by atoms with E-state index >= 15 is 0 Å². The van der Waals surface area contributed by atoms with Gasteiger partial charge in [-0.25, -0.2) is 0 Å². The van der Waals surface area contributed by atoms with Gasteiger partial charge in [-0.15, -0.1) is 0 Å². The van der Waals surface area contributed by atoms with E-state index in [-0.39, 0.29) is 24.3 Å². The molecule has 1 rings (SSSR count). The van der Waals surface area contributed by atoms with Crippen molar-refractivity contribution in [3.05, 3.63) is 0 Å². The second-order valence-corrected chi connectivity index (χ2v) is 2.61. The minimum atomic E-state index is -0.320. The van der Waals surface area contributed by atoms with E-state index in [1.807, 2.05) is 0 Å². The first-order valence-electron chi connectivity index (χ1n) is 3.65. The van der Waals surface area contributed by atoms with Crippen molar-refractivity contribution in [2.24, 2.45) is 0 Å². The molecule has 12 heavy (non-hydrogen) atoms. The normalized spacial score (nSPS) is 21.2. The number of nitriles is 1. The fraction of sp³-hybridized carbons (Fsp3) is 0.571. The Hall–Kier alpha value is -1.57. The SMILES string of the molecule is N#CCC(=O)NC1CNC(=O)C1. The summed E-state index contributed by atoms with van der Waals surface area (Å²) >= 11 is 0. The zero-order valence-corrected chi connectivity index (χ0v) is 6.46. The molecular formula is C7H9N3O2. The van der Waals surface area contributed by atoms with E-state index in [0.29, 0.717) is 13.0 Å². The molecule has 0 bridgehead atoms. The molecule has 64 valence electrons. The Morgan fingerprint density at radius 3 is 3.08 bits per heavy atom. The number of carbonyl (C=O) groups is 2. The molecule has 1 heterocycles. The highest BCUT2D eigenvalue weighted by molar-refractivity contribution is 5.82. The van der Waals surface area contributed by atoms with Crippen LogP contribution in [-0.4, -0.2) is 24.4 Å². The van der Waals surface area contributed by atoms with Gasteiger partial charge in [0.1, 0.15) is 6.42 Å². The van der Waals surface area contributed by atoms with Crippen molar-refractivity contribution >= 4 is 11.8 Å². The molecule has 5 nitrogen and oxygen atoms in total. The molecule has 0 saturated carbocycles. The largest absolute Gasteiger partial charge is 0.354 e. The lowest BCUT2D eigenvalue weighted by Gasteiger charge is -2.07. The van der Waals surface area contributed by atoms with Gasteiger partial charge in [-0.2, -0.15) is 5.26 Å². The molecule has 0 aromatic heterocycles. The molecule has 1 aliphatic rings. The van der Waals surface area contributed by atoms with Crippen LogP contribution in [0.2, 0.25) is 0 Å². The minimum Gasteiger partial charge on any atom is -0.354 e. The molecule has 2 amide bonds. The van der Waals surface area contributed by atoms with Crippen LogP contribution in [0.4, 0.5) is 0 Å². The molecule has 0 aromatic rings. The van der Waals surface area contributed by atoms with Gasteiger partial charge >= 0.3 is 0 Å². The third-order valence-electron chi connectivity index (χ3n) is 1.58. The molecule has 1 atom stereocenters. The molecule has 1 aliphatic heterocycles. The lowest BCUT2D eigenvalue weighted by molar-refractivity contribution is -0.120. The van der Waals surface area contributed by atoms with Crippen molar-refractivity contribution in [3.8, 4) is 6.07 Å². The molecule has 1 saturated heterocycles. The van der Waals surface area contributed by atoms with Gasteiger partial charge < -0.3 is 10.6 Å². The average Bonchev–Trinajstić information content (AvgIpc) is 2.36. The van der Waals surface area contributed by atoms with E-state index < -0.39 is 0 Å². The zero-order valence-electron chi connectivity index (χ0n) is 6.46. The van der Waals surface area contributed by atoms with E-state index in [9.17, 15) is 9.59 Å². The Labute approximate surface area is 69.7 Å². The highest BCUT2D eigenvalue weighted by Crippen LogP contribution is 1.98. The topological polar surface area (TPSA) is 82.0 Å². The Bertz CT molecular complexity index is 244. The Morgan fingerprint density at radius 1 is 1.83 bits per heavy atom. The van der Waals surface area contributed by atoms with Crippen LogP contribution in [-0.2, 0) is 9.59 Å². The van der Waals surface area contributed by atoms with Crippen LogP contribution in [0.5, 0.6) is 0 Å². The van der Waals surface area contributed by atoms with E-state index in [2.05, 4.69) is 10.6 Å². The van der Waals surface area contributed by atoms with Crippen molar-refractivity contribution in [1.82, 2.24) is 10.6 Å². The quantitative estimate of drug-likeness (QED) is 0.548. The summed E-state index contributed by atoms with van der Waals surface area (Å²) in [6.45, 7) is 0.468. The summed E-state index contributed by atoms with van der Waals surface area (Å²) in [7, 11) is 0. The third kappa shape index (κ3) is 2.23. The van der Waals surface area contributed by atoms with Gasteiger partial charge in [0.05, 0.1) is 12.1 Å². The maximum Gasteiger partial charge on any atom is 0.234 e. The molecule has 0 aliphatic carbocycles. The molecule has 1 unspecified atom stereocenters. The number of carbonyl (C=O) groups excluding carboxylic acids is 2. The van der Waals surface area contributed by atoms with Gasteiger partial charge in [0.15, 0.2) is 0 Å². The van der Waals surface area contributed by atoms with Crippen molar-refractivity contribution in [3.63, 3.8) is 0 Å². The first-order chi connectivity index (χ1) is 5.72. The molecule has 0 radical (unpaired) electrons. The number of rotatable bonds is 2. The van der Waals surface area contributed by atoms with Crippen molar-refractivity contribution < 1.29 is 9.59 Å². The monoisotopic (exact) mass is 167 g/mol. The van der Waals surface area contributed by atoms with Crippen LogP contribution in [0.25, 0.3) is 0 Å². The highest BCUT2D eigenvalue weighted by Gasteiger charge is 2.22. The Kier molecular flexibility index (Phi) is 2.64. The summed E-state index contributed by atoms with van der Waals surface area (Å²) in [6.07, 6.45) is 0.169. The number of nitrogens with one attached hydrogen (secondary N) is 2. The number of amides is 2. The summed E-state index contributed by atoms with van der Waals surface area (Å²) in [5, 5.41) is 13.3. The number of hydrogen-bond donors (Lipinski definition) is 2. The second-order valence-electron chi connectivity index (χ2n) is 2.61. The smallest absolute Gasteiger partial charge is 0.234 e. The summed E-state index contributed by atoms with van der Waals surface area (Å²) < 4.78 is 0. The Morgan fingerprint density at radius 2 is 2.58 bits per heavy atom. The van der Waals surface area contributed by atoms with Crippen molar-refractivity contribution in [1.29, 1.82) is 5.26 Å². The van der Waals surface area contributed by atoms with Crippen LogP contribution in [0, 0.1) is 11.3 Å². The molecule has 0 aromatic carbocycles. The lowest BCUT2D eigenvalue weighted by Crippen LogP contribution is -2.35. The van der Waals surface area contributed by atoms with Gasteiger partial charge in [0.25, 0.3) is 0 Å². The van der Waals surface area contributed by atoms with E-state index in [4.69, 9.17) is 5.26 Å². The first-order valence-corrected chi connectivity index (χ1v) is 3.65. The van der Waals surface area contributed by atoms with Crippen LogP contribution in [0.3, 0.4) is 0 Å². The standard InChI is InChI=1S/C7H9N3O2/c8-2-1-6(11)10-5-3-7(12)9-4-5/h5H,1,3-4H2,(H,9,12)(H,10,11). The van der Waals surface area contributed by atoms with Crippen molar-refractivity contribution in [2.45, 2.75) is 18.9 Å². The summed E-state index contributed by atoms with van der Waals surface area (Å²) in [4.78, 5) is 21.5. The lowest BCUT2D eigenvalue weighted by atomic mass is 10.2. The van der Waals surface area contributed by atoms with Crippen LogP contribution in [0.15, 0.2) is 0 Å². The fourth-order valence-electron chi connectivity index (χ4n) is 1.06. The van der Waals surface area contributed by atoms with Gasteiger partial charge in [0.2, 0.25) is 11.8 Å². The van der Waals surface area contributed by atoms with Crippen LogP contribution >= 0.6 is 0 Å². The molecule has 1 fully saturated rings. The second kappa shape index (κ2) is 3.72. The predicted molar refractivity (Wildman–Crippen MR) is 39.8 cm³/mol. The van der Waals surface area contributed by atoms with E-state index in [1.54, 1.807) is 6.07 Å². The molecular weight excluding hydrogens is 158 g/mol. The highest BCUT2D eigenvalue weighted by atomic mass is 16.2. The predicted octanol–water partition coefficient (Wildman–Crippen LogP) is -1.10. The third-order valence-corrected chi connectivity index (χ3v) is 1.58. The van der Waals surface area contributed by atoms with Gasteiger partial charge in [-0.3, -0.25) is 9.59 Å². The van der Waals surface area contributed by atoms with Crippen LogP contribution in [0.1, 0.15) is 12.8 Å². The number of hydrogen-bond acceptors (Lipinski definition) is 3. The molecule has 2 N–H and O–H groups in total. The van der Waals surface area contributed by atoms with Crippen molar-refractivity contribution in [2.75, 3.05) is 6.54 Å². The summed E-state index contributed by atoms with van der Waals surface area (Å²) in [5.74, 6) is -0.378. The van der Waals surface area contributed by atoms with Crippen LogP contribution < -0.4 is 10.6 Å². The molecule has 0 spiro atoms. The first kappa shape index (κ1) is 8.53. The zero-order chi connectivity index (χ0) is 8.97. The maximum absolute atomic E-state index is 10.8. The van der Waals surface area contributed by atoms with Gasteiger partial charge in [-0.05, 0) is 0 Å². The van der Waals surface area contributed by atoms with Gasteiger partial charge in [0, 0.05) is 13.0 Å². The maximum atomic E-state index is 10.8. The number of nitrogens with zero attached hydrogens (tertiary/aromatic N) is 1. The summed E-state index contributed by atoms with van der Waals surface area (Å²) in [5.41, 5.74) is 0. The van der Waals surface area contributed by atoms with E-state index in [1.165, 1.54) is 0 Å². The van der Waals surface area contributed by atoms with E-state index in [0.717, 1.165) is 0 Å². The molecule has 5 heteroatoms. The summed E-state index contributed by atoms with van der Waals surface area (Å²) in [6, 6.07) is 1.59. The van der Waals surface area contributed by atoms with Gasteiger partial charge in [-0.1, -0.05) is 0 Å². The average molecular weight is 167 g/mol. The minimum absolute atomic E-state index is 0.0581. The fourth-order valence-corrected chi connectivity index (χ4v) is 1.06. The Balaban J connectivity index is 2.28.